The van der Waals surface area contributed by atoms with E-state index in [1.807, 2.05) is 6.92 Å². The summed E-state index contributed by atoms with van der Waals surface area (Å²) in [5, 5.41) is 0.782. The Morgan fingerprint density at radius 3 is 2.50 bits per heavy atom. The van der Waals surface area contributed by atoms with Crippen molar-refractivity contribution in [2.45, 2.75) is 6.92 Å². The quantitative estimate of drug-likeness (QED) is 0.500. The molecule has 0 nitrogen and oxygen atoms in total. The molecular formula is C4H6ClS. The van der Waals surface area contributed by atoms with E-state index in [2.05, 4.69) is 12.6 Å². The predicted molar refractivity (Wildman–Crippen MR) is 32.1 cm³/mol. The molecule has 0 aliphatic rings. The van der Waals surface area contributed by atoms with Crippen molar-refractivity contribution in [3.05, 3.63) is 11.1 Å². The zero-order chi connectivity index (χ0) is 4.99. The van der Waals surface area contributed by atoms with Crippen molar-refractivity contribution in [3.63, 3.8) is 0 Å². The van der Waals surface area contributed by atoms with E-state index in [0.717, 1.165) is 5.03 Å². The molecule has 0 unspecified atom stereocenters. The first-order valence-corrected chi connectivity index (χ1v) is 2.63. The molecule has 0 aliphatic carbocycles. The van der Waals surface area contributed by atoms with Gasteiger partial charge in [-0.1, -0.05) is 30.3 Å². The van der Waals surface area contributed by atoms with E-state index >= 15 is 0 Å². The van der Waals surface area contributed by atoms with E-state index < -0.39 is 0 Å². The lowest BCUT2D eigenvalue weighted by molar-refractivity contribution is 1.60. The lowest BCUT2D eigenvalue weighted by atomic mass is 10.6. The molecule has 0 spiro atoms. The van der Waals surface area contributed by atoms with E-state index in [4.69, 9.17) is 11.6 Å². The first-order chi connectivity index (χ1) is 2.77. The summed E-state index contributed by atoms with van der Waals surface area (Å²) in [7, 11) is 0. The molecule has 0 saturated heterocycles. The van der Waals surface area contributed by atoms with Crippen molar-refractivity contribution >= 4 is 24.2 Å². The Bertz CT molecular complexity index is 54.6. The van der Waals surface area contributed by atoms with Crippen LogP contribution in [0.3, 0.4) is 0 Å². The molecule has 0 bridgehead atoms. The van der Waals surface area contributed by atoms with Gasteiger partial charge in [-0.2, -0.15) is 0 Å². The molecule has 0 aliphatic heterocycles. The fourth-order valence-corrected chi connectivity index (χ4v) is 0.533. The maximum Gasteiger partial charge on any atom is 0.0232 e. The second-order valence-corrected chi connectivity index (χ2v) is 1.89. The van der Waals surface area contributed by atoms with Gasteiger partial charge in [-0.15, -0.1) is 0 Å². The highest BCUT2D eigenvalue weighted by Gasteiger charge is 1.71. The number of halogens is 1. The molecule has 35 valence electrons. The van der Waals surface area contributed by atoms with Gasteiger partial charge in [0.1, 0.15) is 0 Å². The third-order valence-electron chi connectivity index (χ3n) is 0.365. The standard InChI is InChI=1S/C4H6ClS/c1-4(5)2-3-6/h2H,3H2,1H3/b4-2-. The second kappa shape index (κ2) is 3.57. The van der Waals surface area contributed by atoms with Crippen LogP contribution in [0, 0.1) is 0 Å². The fourth-order valence-electron chi connectivity index (χ4n) is 0.115. The van der Waals surface area contributed by atoms with Gasteiger partial charge in [0.2, 0.25) is 0 Å². The molecule has 0 aromatic rings. The highest BCUT2D eigenvalue weighted by Crippen LogP contribution is 1.96. The summed E-state index contributed by atoms with van der Waals surface area (Å²) >= 11 is 9.94. The van der Waals surface area contributed by atoms with Gasteiger partial charge in [-0.05, 0) is 6.92 Å². The third kappa shape index (κ3) is 4.38. The van der Waals surface area contributed by atoms with Gasteiger partial charge in [-0.25, -0.2) is 0 Å². The summed E-state index contributed by atoms with van der Waals surface area (Å²) in [5.74, 6) is 0.620. The second-order valence-electron chi connectivity index (χ2n) is 0.958. The highest BCUT2D eigenvalue weighted by atomic mass is 35.5. The third-order valence-corrected chi connectivity index (χ3v) is 0.686. The molecule has 0 amide bonds. The lowest BCUT2D eigenvalue weighted by Crippen LogP contribution is -1.59. The van der Waals surface area contributed by atoms with E-state index in [1.54, 1.807) is 6.08 Å². The fraction of sp³-hybridized carbons (Fsp3) is 0.500. The molecule has 0 N–H and O–H groups in total. The topological polar surface area (TPSA) is 0 Å². The number of rotatable bonds is 1. The van der Waals surface area contributed by atoms with Crippen molar-refractivity contribution in [2.24, 2.45) is 0 Å². The molecule has 0 saturated carbocycles. The molecule has 0 rings (SSSR count). The minimum Gasteiger partial charge on any atom is -0.0898 e. The molecule has 0 aromatic carbocycles. The maximum absolute atomic E-state index is 5.37. The van der Waals surface area contributed by atoms with Crippen LogP contribution in [0.25, 0.3) is 0 Å². The summed E-state index contributed by atoms with van der Waals surface area (Å²) in [6.07, 6.45) is 1.79. The van der Waals surface area contributed by atoms with Gasteiger partial charge in [0.05, 0.1) is 0 Å². The Morgan fingerprint density at radius 1 is 2.00 bits per heavy atom. The first kappa shape index (κ1) is 6.38. The van der Waals surface area contributed by atoms with Crippen molar-refractivity contribution in [1.82, 2.24) is 0 Å². The van der Waals surface area contributed by atoms with Gasteiger partial charge in [0.25, 0.3) is 0 Å². The van der Waals surface area contributed by atoms with Crippen LogP contribution in [0.5, 0.6) is 0 Å². The van der Waals surface area contributed by atoms with Crippen LogP contribution in [0.15, 0.2) is 11.1 Å². The Kier molecular flexibility index (Phi) is 3.79. The Morgan fingerprint density at radius 2 is 2.50 bits per heavy atom. The minimum absolute atomic E-state index is 0.620. The van der Waals surface area contributed by atoms with Gasteiger partial charge in [-0.3, -0.25) is 0 Å². The predicted octanol–water partition coefficient (Wildman–Crippen LogP) is 2.33. The highest BCUT2D eigenvalue weighted by molar-refractivity contribution is 7.80. The number of allylic oxidation sites excluding steroid dienone is 1. The van der Waals surface area contributed by atoms with Crippen LogP contribution in [0.1, 0.15) is 6.92 Å². The van der Waals surface area contributed by atoms with Crippen molar-refractivity contribution in [2.75, 3.05) is 5.75 Å². The van der Waals surface area contributed by atoms with Gasteiger partial charge >= 0.3 is 0 Å². The van der Waals surface area contributed by atoms with Crippen molar-refractivity contribution < 1.29 is 0 Å². The van der Waals surface area contributed by atoms with Crippen LogP contribution < -0.4 is 0 Å². The Hall–Kier alpha value is 0.380. The lowest BCUT2D eigenvalue weighted by Gasteiger charge is -1.76. The van der Waals surface area contributed by atoms with Gasteiger partial charge in [0, 0.05) is 10.8 Å². The van der Waals surface area contributed by atoms with E-state index in [-0.39, 0.29) is 0 Å². The summed E-state index contributed by atoms with van der Waals surface area (Å²) in [4.78, 5) is 0. The first-order valence-electron chi connectivity index (χ1n) is 1.67. The monoisotopic (exact) mass is 121 g/mol. The zero-order valence-electron chi connectivity index (χ0n) is 3.57. The minimum atomic E-state index is 0.620. The largest absolute Gasteiger partial charge is 0.0898 e. The number of hydrogen-bond acceptors (Lipinski definition) is 0. The number of hydrogen-bond donors (Lipinski definition) is 0. The van der Waals surface area contributed by atoms with Crippen LogP contribution in [-0.2, 0) is 0 Å². The molecule has 1 radical (unpaired) electrons. The normalized spacial score (nSPS) is 12.2. The maximum atomic E-state index is 5.37. The summed E-state index contributed by atoms with van der Waals surface area (Å²) < 4.78 is 0. The van der Waals surface area contributed by atoms with Gasteiger partial charge < -0.3 is 0 Å². The Balaban J connectivity index is 3.14. The van der Waals surface area contributed by atoms with E-state index in [9.17, 15) is 0 Å². The summed E-state index contributed by atoms with van der Waals surface area (Å²) in [5.41, 5.74) is 0. The summed E-state index contributed by atoms with van der Waals surface area (Å²) in [6.45, 7) is 1.81. The molecule has 0 fully saturated rings. The molecular weight excluding hydrogens is 116 g/mol. The molecule has 6 heavy (non-hydrogen) atoms. The van der Waals surface area contributed by atoms with E-state index in [1.165, 1.54) is 0 Å². The van der Waals surface area contributed by atoms with Crippen molar-refractivity contribution in [1.29, 1.82) is 0 Å². The van der Waals surface area contributed by atoms with Crippen molar-refractivity contribution in [3.8, 4) is 0 Å². The smallest absolute Gasteiger partial charge is 0.0232 e. The summed E-state index contributed by atoms with van der Waals surface area (Å²) in [6, 6.07) is 0. The van der Waals surface area contributed by atoms with Crippen LogP contribution in [-0.4, -0.2) is 5.75 Å². The van der Waals surface area contributed by atoms with E-state index in [0.29, 0.717) is 5.75 Å². The van der Waals surface area contributed by atoms with Crippen LogP contribution in [0.4, 0.5) is 0 Å². The SMILES string of the molecule is C/C(Cl)=C/C[S]. The van der Waals surface area contributed by atoms with Crippen LogP contribution >= 0.6 is 24.2 Å². The average Bonchev–Trinajstić information content (AvgIpc) is 1.35. The average molecular weight is 122 g/mol. The molecule has 0 heterocycles. The Labute approximate surface area is 48.6 Å². The molecule has 2 heteroatoms. The molecule has 0 aromatic heterocycles. The van der Waals surface area contributed by atoms with Gasteiger partial charge in [0.15, 0.2) is 0 Å². The molecule has 0 atom stereocenters. The van der Waals surface area contributed by atoms with Crippen LogP contribution in [0.2, 0.25) is 0 Å². The zero-order valence-corrected chi connectivity index (χ0v) is 5.14.